The first kappa shape index (κ1) is 102. The molecule has 17 nitrogen and oxygen atoms in total. The van der Waals surface area contributed by atoms with E-state index in [9.17, 15) is 43.2 Å². The van der Waals surface area contributed by atoms with Crippen molar-refractivity contribution < 1.29 is 80.2 Å². The first-order chi connectivity index (χ1) is 52.7. The zero-order chi connectivity index (χ0) is 78.9. The summed E-state index contributed by atoms with van der Waals surface area (Å²) in [6.07, 6.45) is 96.8. The average molecular weight is 1550 g/mol. The Kier molecular flexibility index (Phi) is 74.5. The lowest BCUT2D eigenvalue weighted by molar-refractivity contribution is -0.161. The first-order valence-electron chi connectivity index (χ1n) is 40.7. The Labute approximate surface area is 653 Å². The molecule has 0 aliphatic carbocycles. The Hall–Kier alpha value is -6.10. The number of carbonyl (C=O) groups is 4. The minimum absolute atomic E-state index is 0.0523. The minimum Gasteiger partial charge on any atom is -0.462 e. The van der Waals surface area contributed by atoms with Crippen LogP contribution in [0.25, 0.3) is 0 Å². The van der Waals surface area contributed by atoms with Crippen LogP contribution in [-0.2, 0) is 65.4 Å². The Morgan fingerprint density at radius 3 is 0.685 bits per heavy atom. The molecule has 0 radical (unpaired) electrons. The summed E-state index contributed by atoms with van der Waals surface area (Å²) in [4.78, 5) is 73.2. The van der Waals surface area contributed by atoms with Gasteiger partial charge in [-0.1, -0.05) is 273 Å². The van der Waals surface area contributed by atoms with Gasteiger partial charge in [0.1, 0.15) is 19.3 Å². The predicted molar refractivity (Wildman–Crippen MR) is 445 cm³/mol. The Balaban J connectivity index is 5.50. The van der Waals surface area contributed by atoms with Gasteiger partial charge in [-0.2, -0.15) is 0 Å². The summed E-state index contributed by atoms with van der Waals surface area (Å²) in [5.41, 5.74) is 0. The molecule has 19 heteroatoms. The van der Waals surface area contributed by atoms with Gasteiger partial charge in [0, 0.05) is 25.7 Å². The molecule has 0 aliphatic rings. The van der Waals surface area contributed by atoms with Crippen LogP contribution in [0.4, 0.5) is 0 Å². The van der Waals surface area contributed by atoms with Crippen LogP contribution in [0.3, 0.4) is 0 Å². The molecule has 0 saturated carbocycles. The highest BCUT2D eigenvalue weighted by atomic mass is 31.2. The molecule has 0 heterocycles. The number of aliphatic hydroxyl groups excluding tert-OH is 1. The number of ether oxygens (including phenoxy) is 4. The maximum absolute atomic E-state index is 13.1. The Bertz CT molecular complexity index is 2630. The van der Waals surface area contributed by atoms with Gasteiger partial charge in [0.05, 0.1) is 26.4 Å². The molecule has 0 amide bonds. The quantitative estimate of drug-likeness (QED) is 0.0169. The van der Waals surface area contributed by atoms with Crippen LogP contribution in [0, 0.1) is 0 Å². The zero-order valence-electron chi connectivity index (χ0n) is 66.7. The van der Waals surface area contributed by atoms with E-state index >= 15 is 0 Å². The molecule has 0 rings (SSSR count). The van der Waals surface area contributed by atoms with E-state index in [4.69, 9.17) is 37.0 Å². The molecule has 108 heavy (non-hydrogen) atoms. The number of carbonyl (C=O) groups excluding carboxylic acids is 4. The van der Waals surface area contributed by atoms with E-state index in [0.29, 0.717) is 25.7 Å². The molecular formula is C89H142O17P2. The van der Waals surface area contributed by atoms with E-state index in [0.717, 1.165) is 205 Å². The normalized spacial score (nSPS) is 14.8. The van der Waals surface area contributed by atoms with Crippen molar-refractivity contribution in [2.24, 2.45) is 0 Å². The fourth-order valence-electron chi connectivity index (χ4n) is 10.0. The van der Waals surface area contributed by atoms with Crippen molar-refractivity contribution in [3.63, 3.8) is 0 Å². The number of allylic oxidation sites excluding steroid dienone is 32. The summed E-state index contributed by atoms with van der Waals surface area (Å²) < 4.78 is 68.6. The van der Waals surface area contributed by atoms with Gasteiger partial charge in [0.15, 0.2) is 12.2 Å². The first-order valence-corrected chi connectivity index (χ1v) is 43.7. The van der Waals surface area contributed by atoms with Crippen LogP contribution < -0.4 is 0 Å². The number of hydrogen-bond donors (Lipinski definition) is 3. The lowest BCUT2D eigenvalue weighted by Crippen LogP contribution is -2.30. The third kappa shape index (κ3) is 78.0. The molecule has 610 valence electrons. The molecule has 0 fully saturated rings. The molecule has 0 bridgehead atoms. The molecule has 0 aromatic carbocycles. The third-order valence-corrected chi connectivity index (χ3v) is 17.9. The molecule has 4 atom stereocenters. The van der Waals surface area contributed by atoms with E-state index < -0.39 is 97.5 Å². The third-order valence-electron chi connectivity index (χ3n) is 16.0. The highest BCUT2D eigenvalue weighted by Crippen LogP contribution is 2.45. The molecule has 0 aromatic rings. The van der Waals surface area contributed by atoms with Gasteiger partial charge in [-0.25, -0.2) is 9.13 Å². The summed E-state index contributed by atoms with van der Waals surface area (Å²) in [5, 5.41) is 10.7. The van der Waals surface area contributed by atoms with Gasteiger partial charge in [0.25, 0.3) is 0 Å². The van der Waals surface area contributed by atoms with E-state index in [1.165, 1.54) is 0 Å². The maximum Gasteiger partial charge on any atom is 0.472 e. The summed E-state index contributed by atoms with van der Waals surface area (Å²) in [7, 11) is -10.0. The van der Waals surface area contributed by atoms with Crippen LogP contribution in [0.1, 0.15) is 285 Å². The second-order valence-corrected chi connectivity index (χ2v) is 29.1. The topological polar surface area (TPSA) is 237 Å². The highest BCUT2D eigenvalue weighted by Gasteiger charge is 2.30. The van der Waals surface area contributed by atoms with Crippen molar-refractivity contribution in [1.82, 2.24) is 0 Å². The summed E-state index contributed by atoms with van der Waals surface area (Å²) in [5.74, 6) is -2.30. The van der Waals surface area contributed by atoms with Gasteiger partial charge >= 0.3 is 39.5 Å². The molecule has 0 aromatic heterocycles. The maximum atomic E-state index is 13.1. The molecule has 4 unspecified atom stereocenters. The number of esters is 4. The second-order valence-electron chi connectivity index (χ2n) is 26.2. The van der Waals surface area contributed by atoms with Crippen LogP contribution in [0.5, 0.6) is 0 Å². The van der Waals surface area contributed by atoms with Gasteiger partial charge < -0.3 is 33.8 Å². The standard InChI is InChI=1S/C89H142O17P2/c1-5-9-13-17-21-25-29-33-37-41-45-49-53-57-61-65-69-73-86(91)99-79-84(105-88(93)75-71-67-63-59-55-51-47-43-39-35-31-27-23-19-15-11-7-3)81-103-107(95,96)101-77-83(90)78-102-108(97,98)104-82-85(106-89(94)76-72-68-64-60-56-52-48-44-40-36-32-28-24-20-16-12-8-4)80-100-87(92)74-70-66-62-58-54-50-46-42-38-34-30-26-22-18-14-10-6-2/h9-16,21-28,33-40,45-52,83-85,90H,5-8,17-20,29-32,41-44,53-82H2,1-4H3,(H,95,96)(H,97,98)/b13-9-,14-10-,15-11-,16-12-,25-21-,26-22-,27-23-,28-24-,37-33-,38-34-,39-35-,40-36-,49-45-,50-46-,51-47-,52-48-. The summed E-state index contributed by atoms with van der Waals surface area (Å²) in [6, 6.07) is 0. The lowest BCUT2D eigenvalue weighted by atomic mass is 10.1. The van der Waals surface area contributed by atoms with E-state index in [1.807, 2.05) is 0 Å². The van der Waals surface area contributed by atoms with Gasteiger partial charge in [-0.05, 0) is 180 Å². The van der Waals surface area contributed by atoms with E-state index in [1.54, 1.807) is 0 Å². The Morgan fingerprint density at radius 2 is 0.454 bits per heavy atom. The van der Waals surface area contributed by atoms with Crippen LogP contribution >= 0.6 is 15.6 Å². The van der Waals surface area contributed by atoms with Gasteiger partial charge in [-0.3, -0.25) is 37.3 Å². The number of aliphatic hydroxyl groups is 1. The number of unbranched alkanes of at least 4 members (excludes halogenated alkanes) is 16. The van der Waals surface area contributed by atoms with Crippen LogP contribution in [0.15, 0.2) is 194 Å². The predicted octanol–water partition coefficient (Wildman–Crippen LogP) is 24.1. The van der Waals surface area contributed by atoms with Crippen LogP contribution in [-0.4, -0.2) is 96.7 Å². The molecular weight excluding hydrogens is 1400 g/mol. The number of phosphoric acid groups is 2. The van der Waals surface area contributed by atoms with Crippen molar-refractivity contribution in [1.29, 1.82) is 0 Å². The zero-order valence-corrected chi connectivity index (χ0v) is 68.5. The molecule has 0 aliphatic heterocycles. The summed E-state index contributed by atoms with van der Waals surface area (Å²) in [6.45, 7) is 4.29. The monoisotopic (exact) mass is 1540 g/mol. The molecule has 0 saturated heterocycles. The average Bonchev–Trinajstić information content (AvgIpc) is 0.880. The second kappa shape index (κ2) is 79.0. The fourth-order valence-corrected chi connectivity index (χ4v) is 11.6. The Morgan fingerprint density at radius 1 is 0.259 bits per heavy atom. The van der Waals surface area contributed by atoms with Crippen molar-refractivity contribution in [3.8, 4) is 0 Å². The van der Waals surface area contributed by atoms with E-state index in [-0.39, 0.29) is 25.7 Å². The van der Waals surface area contributed by atoms with Gasteiger partial charge in [-0.15, -0.1) is 0 Å². The van der Waals surface area contributed by atoms with Crippen molar-refractivity contribution in [3.05, 3.63) is 194 Å². The smallest absolute Gasteiger partial charge is 0.462 e. The van der Waals surface area contributed by atoms with Gasteiger partial charge in [0.2, 0.25) is 0 Å². The van der Waals surface area contributed by atoms with Crippen molar-refractivity contribution >= 4 is 39.5 Å². The minimum atomic E-state index is -5.01. The molecule has 3 N–H and O–H groups in total. The van der Waals surface area contributed by atoms with E-state index in [2.05, 4.69) is 222 Å². The van der Waals surface area contributed by atoms with Crippen LogP contribution in [0.2, 0.25) is 0 Å². The SMILES string of the molecule is CC/C=C\C/C=C\C/C=C\C/C=C\CCCCCCC(=O)OCC(COP(=O)(O)OCC(O)COP(=O)(O)OCC(COC(=O)CCCCCC/C=C\C/C=C\C/C=C\C/C=C\CC)OC(=O)CCCCCC/C=C\C/C=C\C/C=C\C/C=C\CC)OC(=O)CCCCCC/C=C\C/C=C\C/C=C\C/C=C\CC. The number of phosphoric ester groups is 2. The largest absolute Gasteiger partial charge is 0.472 e. The number of hydrogen-bond acceptors (Lipinski definition) is 15. The fraction of sp³-hybridized carbons (Fsp3) is 0.596. The number of rotatable bonds is 74. The lowest BCUT2D eigenvalue weighted by Gasteiger charge is -2.21. The summed E-state index contributed by atoms with van der Waals surface area (Å²) >= 11 is 0. The van der Waals surface area contributed by atoms with Crippen molar-refractivity contribution in [2.45, 2.75) is 303 Å². The highest BCUT2D eigenvalue weighted by molar-refractivity contribution is 7.47. The van der Waals surface area contributed by atoms with Crippen molar-refractivity contribution in [2.75, 3.05) is 39.6 Å². The molecule has 0 spiro atoms.